The third-order valence-electron chi connectivity index (χ3n) is 11.0. The molecule has 8 rings (SSSR count). The zero-order valence-electron chi connectivity index (χ0n) is 30.2. The van der Waals surface area contributed by atoms with E-state index in [0.717, 1.165) is 6.07 Å². The van der Waals surface area contributed by atoms with Crippen LogP contribution in [0.4, 0.5) is 30.5 Å². The molecule has 0 aliphatic carbocycles. The minimum absolute atomic E-state index is 0. The molecule has 6 heterocycles. The van der Waals surface area contributed by atoms with Crippen LogP contribution in [0.15, 0.2) is 53.5 Å². The molecule has 3 aromatic heterocycles. The predicted molar refractivity (Wildman–Crippen MR) is 211 cm³/mol. The molecule has 0 amide bonds. The maximum absolute atomic E-state index is 14.8. The molecular formula is C38H40Cl3F3N8O4. The second-order valence-electron chi connectivity index (χ2n) is 14.3. The number of aliphatic hydroxyl groups is 1. The second kappa shape index (κ2) is 15.5. The monoisotopic (exact) mass is 834 g/mol. The van der Waals surface area contributed by atoms with Crippen LogP contribution in [0.3, 0.4) is 0 Å². The van der Waals surface area contributed by atoms with Gasteiger partial charge in [0.1, 0.15) is 23.0 Å². The number of nitrogens with zero attached hydrogens (tertiary/aromatic N) is 4. The van der Waals surface area contributed by atoms with Gasteiger partial charge in [0.05, 0.1) is 27.5 Å². The fourth-order valence-electron chi connectivity index (χ4n) is 8.04. The third kappa shape index (κ3) is 7.19. The molecule has 298 valence electrons. The van der Waals surface area contributed by atoms with Gasteiger partial charge < -0.3 is 30.9 Å². The quantitative estimate of drug-likeness (QED) is 0.105. The lowest BCUT2D eigenvalue weighted by molar-refractivity contribution is -0.138. The van der Waals surface area contributed by atoms with Crippen LogP contribution in [0.2, 0.25) is 10.0 Å². The van der Waals surface area contributed by atoms with Crippen molar-refractivity contribution < 1.29 is 27.8 Å². The Hall–Kier alpha value is -4.41. The maximum atomic E-state index is 14.8. The number of fused-ring (bicyclic) bond motifs is 2. The summed E-state index contributed by atoms with van der Waals surface area (Å²) in [6.07, 6.45) is 1.30. The van der Waals surface area contributed by atoms with Crippen LogP contribution in [-0.4, -0.2) is 61.6 Å². The minimum Gasteiger partial charge on any atom is -0.493 e. The summed E-state index contributed by atoms with van der Waals surface area (Å²) in [5.41, 5.74) is 7.56. The van der Waals surface area contributed by atoms with E-state index in [-0.39, 0.29) is 60.0 Å². The summed E-state index contributed by atoms with van der Waals surface area (Å²) in [7, 11) is 0. The van der Waals surface area contributed by atoms with Crippen molar-refractivity contribution in [1.82, 2.24) is 24.4 Å². The summed E-state index contributed by atoms with van der Waals surface area (Å²) in [4.78, 5) is 20.0. The normalized spacial score (nSPS) is 19.3. The van der Waals surface area contributed by atoms with Crippen molar-refractivity contribution in [2.75, 3.05) is 42.8 Å². The van der Waals surface area contributed by atoms with Crippen molar-refractivity contribution in [3.63, 3.8) is 0 Å². The molecule has 5 aromatic rings. The molecule has 0 bridgehead atoms. The van der Waals surface area contributed by atoms with Crippen molar-refractivity contribution in [1.29, 1.82) is 0 Å². The molecular weight excluding hydrogens is 796 g/mol. The highest BCUT2D eigenvalue weighted by Crippen LogP contribution is 2.42. The van der Waals surface area contributed by atoms with Crippen LogP contribution in [0.5, 0.6) is 0 Å². The molecule has 1 atom stereocenters. The van der Waals surface area contributed by atoms with E-state index in [0.29, 0.717) is 102 Å². The molecule has 2 fully saturated rings. The molecule has 2 saturated heterocycles. The smallest absolute Gasteiger partial charge is 0.416 e. The van der Waals surface area contributed by atoms with E-state index >= 15 is 0 Å². The number of benzene rings is 2. The summed E-state index contributed by atoms with van der Waals surface area (Å²) in [6.45, 7) is 3.28. The number of nitrogen functional groups attached to an aromatic ring is 1. The lowest BCUT2D eigenvalue weighted by Gasteiger charge is -2.45. The molecule has 0 saturated carbocycles. The topological polar surface area (TPSA) is 157 Å². The average Bonchev–Trinajstić information content (AvgIpc) is 3.72. The number of halogens is 6. The molecule has 3 aliphatic heterocycles. The highest BCUT2D eigenvalue weighted by atomic mass is 35.5. The number of alkyl halides is 3. The summed E-state index contributed by atoms with van der Waals surface area (Å²) in [5, 5.41) is 26.9. The molecule has 6 N–H and O–H groups in total. The number of aliphatic hydroxyl groups excluding tert-OH is 1. The van der Waals surface area contributed by atoms with Gasteiger partial charge in [-0.2, -0.15) is 27.5 Å². The Bertz CT molecular complexity index is 2370. The minimum atomic E-state index is -4.52. The summed E-state index contributed by atoms with van der Waals surface area (Å²) in [5.74, 6) is 0.00735. The van der Waals surface area contributed by atoms with Crippen LogP contribution in [0, 0.1) is 12.8 Å². The number of aromatic amines is 1. The number of hydrogen-bond donors (Lipinski definition) is 5. The maximum Gasteiger partial charge on any atom is 0.416 e. The summed E-state index contributed by atoms with van der Waals surface area (Å²) in [6, 6.07) is 9.41. The number of rotatable bonds is 8. The van der Waals surface area contributed by atoms with E-state index in [2.05, 4.69) is 20.8 Å². The van der Waals surface area contributed by atoms with Gasteiger partial charge in [-0.25, -0.2) is 4.98 Å². The zero-order chi connectivity index (χ0) is 38.6. The summed E-state index contributed by atoms with van der Waals surface area (Å²) < 4.78 is 55.6. The first-order chi connectivity index (χ1) is 26.3. The van der Waals surface area contributed by atoms with Crippen molar-refractivity contribution >= 4 is 64.5 Å². The van der Waals surface area contributed by atoms with Gasteiger partial charge in [-0.05, 0) is 61.4 Å². The van der Waals surface area contributed by atoms with E-state index in [1.54, 1.807) is 24.3 Å². The van der Waals surface area contributed by atoms with Gasteiger partial charge in [0.15, 0.2) is 5.65 Å². The fraction of sp³-hybridized carbons (Fsp3) is 0.395. The Balaban J connectivity index is 0.00000480. The van der Waals surface area contributed by atoms with Crippen LogP contribution >= 0.6 is 35.6 Å². The standard InChI is InChI=1S/C38H39Cl2F3N8O4.ClH/c1-20-22(4-2-6-27(20)38(41,42)43)16-24-19-45-50-29(52)18-37(48-34(24)50,25-10-14-55-15-11-25)47-32-31(21-8-12-54-13-9-21)46-35-26(33(44)49-51(35)36(32)53)17-23-5-3-7-28(39)30(23)40;/h2-7,18-19,21,25,47-49,52H,8-17,44H2,1H3;1H. The highest BCUT2D eigenvalue weighted by molar-refractivity contribution is 6.42. The molecule has 56 heavy (non-hydrogen) atoms. The third-order valence-corrected chi connectivity index (χ3v) is 11.9. The van der Waals surface area contributed by atoms with E-state index in [1.807, 2.05) is 6.07 Å². The van der Waals surface area contributed by atoms with Gasteiger partial charge >= 0.3 is 6.18 Å². The SMILES string of the molecule is Cc1c(Cc2cnn3c2NC(Nc2c(C4CCOCC4)nc4c(Cc5cccc(Cl)c5Cl)c(N)[nH]n4c2=O)(C2CCOCC2)C=C3O)cccc1C(F)(F)F.Cl. The Kier molecular flexibility index (Phi) is 11.0. The van der Waals surface area contributed by atoms with Crippen LogP contribution in [-0.2, 0) is 28.5 Å². The van der Waals surface area contributed by atoms with Gasteiger partial charge in [-0.15, -0.1) is 12.4 Å². The molecule has 1 unspecified atom stereocenters. The predicted octanol–water partition coefficient (Wildman–Crippen LogP) is 7.95. The van der Waals surface area contributed by atoms with Crippen LogP contribution in [0.1, 0.15) is 70.7 Å². The zero-order valence-corrected chi connectivity index (χ0v) is 32.5. The second-order valence-corrected chi connectivity index (χ2v) is 15.1. The highest BCUT2D eigenvalue weighted by Gasteiger charge is 2.45. The number of aromatic nitrogens is 5. The Morgan fingerprint density at radius 1 is 1.02 bits per heavy atom. The van der Waals surface area contributed by atoms with Gasteiger partial charge in [0.25, 0.3) is 5.56 Å². The number of nitrogens with one attached hydrogen (secondary N) is 3. The van der Waals surface area contributed by atoms with Crippen molar-refractivity contribution in [2.45, 2.75) is 63.2 Å². The van der Waals surface area contributed by atoms with Gasteiger partial charge in [-0.3, -0.25) is 9.89 Å². The Labute approximate surface area is 335 Å². The van der Waals surface area contributed by atoms with E-state index in [9.17, 15) is 23.1 Å². The first-order valence-electron chi connectivity index (χ1n) is 18.1. The molecule has 2 aromatic carbocycles. The van der Waals surface area contributed by atoms with Crippen molar-refractivity contribution in [3.8, 4) is 0 Å². The number of anilines is 3. The lowest BCUT2D eigenvalue weighted by Crippen LogP contribution is -2.56. The number of hydrogen-bond acceptors (Lipinski definition) is 9. The summed E-state index contributed by atoms with van der Waals surface area (Å²) >= 11 is 12.9. The Morgan fingerprint density at radius 3 is 2.41 bits per heavy atom. The largest absolute Gasteiger partial charge is 0.493 e. The van der Waals surface area contributed by atoms with Gasteiger partial charge in [0, 0.05) is 68.3 Å². The number of nitrogens with two attached hydrogens (primary N) is 1. The molecule has 0 radical (unpaired) electrons. The van der Waals surface area contributed by atoms with Gasteiger partial charge in [0.2, 0.25) is 5.88 Å². The van der Waals surface area contributed by atoms with Crippen LogP contribution in [0.25, 0.3) is 11.5 Å². The first kappa shape index (κ1) is 39.8. The Morgan fingerprint density at radius 2 is 1.70 bits per heavy atom. The molecule has 12 nitrogen and oxygen atoms in total. The van der Waals surface area contributed by atoms with E-state index in [1.165, 1.54) is 28.4 Å². The number of H-pyrrole nitrogens is 1. The van der Waals surface area contributed by atoms with E-state index in [4.69, 9.17) is 43.4 Å². The molecule has 18 heteroatoms. The fourth-order valence-corrected chi connectivity index (χ4v) is 8.42. The van der Waals surface area contributed by atoms with Crippen molar-refractivity contribution in [3.05, 3.63) is 108 Å². The lowest BCUT2D eigenvalue weighted by atomic mass is 9.83. The van der Waals surface area contributed by atoms with E-state index < -0.39 is 23.0 Å². The van der Waals surface area contributed by atoms with Gasteiger partial charge in [-0.1, -0.05) is 47.5 Å². The molecule has 0 spiro atoms. The van der Waals surface area contributed by atoms with Crippen molar-refractivity contribution in [2.24, 2.45) is 5.92 Å². The number of ether oxygens (including phenoxy) is 2. The average molecular weight is 836 g/mol. The first-order valence-corrected chi connectivity index (χ1v) is 18.8. The van der Waals surface area contributed by atoms with Crippen LogP contribution < -0.4 is 21.9 Å². The molecule has 3 aliphatic rings.